The Morgan fingerprint density at radius 2 is 1.65 bits per heavy atom. The number of carbonyl (C=O) groups excluding carboxylic acids is 1. The summed E-state index contributed by atoms with van der Waals surface area (Å²) in [4.78, 5) is 19.0. The monoisotopic (exact) mass is 780 g/mol. The average Bonchev–Trinajstić information content (AvgIpc) is 2.98. The fourth-order valence-corrected chi connectivity index (χ4v) is 9.94. The Morgan fingerprint density at radius 1 is 1.00 bits per heavy atom. The van der Waals surface area contributed by atoms with Crippen molar-refractivity contribution in [1.29, 1.82) is 0 Å². The molecule has 284 valence electrons. The van der Waals surface area contributed by atoms with Crippen LogP contribution in [0.5, 0.6) is 11.5 Å². The minimum Gasteiger partial charge on any atom is -0.748 e. The maximum atomic E-state index is 12.3. The molecule has 18 heteroatoms. The van der Waals surface area contributed by atoms with Crippen molar-refractivity contribution in [1.82, 2.24) is 9.89 Å². The summed E-state index contributed by atoms with van der Waals surface area (Å²) in [5.41, 5.74) is 0.746. The van der Waals surface area contributed by atoms with Crippen LogP contribution in [0.25, 0.3) is 0 Å². The molecular weight excluding hydrogens is 737 g/mol. The predicted molar refractivity (Wildman–Crippen MR) is 193 cm³/mol. The second kappa shape index (κ2) is 14.3. The lowest BCUT2D eigenvalue weighted by Gasteiger charge is -2.48. The molecule has 0 bridgehead atoms. The minimum atomic E-state index is -4.48. The SMILES string of the molecule is C#CCNC(=O)CCC[N+]1=c2cc3c(cc2C(CS(=O)(=O)O)CC1(C)C)=Nc1cc2c(cc1O3)N(CCCS(=O)(=O)[O-])C(C)(C)CC2CS(=O)(=O)O. The molecule has 0 fully saturated rings. The summed E-state index contributed by atoms with van der Waals surface area (Å²) < 4.78 is 111. The van der Waals surface area contributed by atoms with Crippen molar-refractivity contribution in [2.45, 2.75) is 82.7 Å². The number of terminal acetylenes is 1. The smallest absolute Gasteiger partial charge is 0.265 e. The number of nitrogens with one attached hydrogen (secondary N) is 1. The van der Waals surface area contributed by atoms with Crippen LogP contribution in [-0.4, -0.2) is 92.8 Å². The normalized spacial score (nSPS) is 20.3. The van der Waals surface area contributed by atoms with Gasteiger partial charge in [0.25, 0.3) is 20.2 Å². The van der Waals surface area contributed by atoms with Gasteiger partial charge < -0.3 is 19.5 Å². The van der Waals surface area contributed by atoms with Crippen LogP contribution in [0.1, 0.15) is 82.8 Å². The molecule has 15 nitrogen and oxygen atoms in total. The van der Waals surface area contributed by atoms with E-state index in [0.29, 0.717) is 64.1 Å². The average molecular weight is 781 g/mol. The maximum absolute atomic E-state index is 12.3. The van der Waals surface area contributed by atoms with Crippen LogP contribution in [0.4, 0.5) is 11.4 Å². The number of nitrogens with zero attached hydrogens (tertiary/aromatic N) is 3. The molecule has 3 aliphatic rings. The summed E-state index contributed by atoms with van der Waals surface area (Å²) in [6, 6.07) is 6.84. The number of fused-ring (bicyclic) bond motifs is 4. The van der Waals surface area contributed by atoms with Gasteiger partial charge in [0.05, 0.1) is 34.2 Å². The van der Waals surface area contributed by atoms with E-state index >= 15 is 0 Å². The van der Waals surface area contributed by atoms with E-state index in [-0.39, 0.29) is 38.3 Å². The number of ether oxygens (including phenoxy) is 1. The van der Waals surface area contributed by atoms with E-state index in [1.165, 1.54) is 0 Å². The third-order valence-electron chi connectivity index (χ3n) is 9.86. The summed E-state index contributed by atoms with van der Waals surface area (Å²) in [5.74, 6) is -0.0997. The number of rotatable bonds is 13. The van der Waals surface area contributed by atoms with Gasteiger partial charge in [0.15, 0.2) is 17.0 Å². The first kappa shape index (κ1) is 39.6. The van der Waals surface area contributed by atoms with Gasteiger partial charge in [-0.3, -0.25) is 13.9 Å². The topological polar surface area (TPSA) is 223 Å². The molecule has 3 heterocycles. The van der Waals surface area contributed by atoms with Crippen LogP contribution in [0.15, 0.2) is 29.3 Å². The number of hydrogen-bond acceptors (Lipinski definition) is 11. The highest BCUT2D eigenvalue weighted by Gasteiger charge is 2.43. The molecule has 0 spiro atoms. The third kappa shape index (κ3) is 9.30. The van der Waals surface area contributed by atoms with Gasteiger partial charge in [-0.2, -0.15) is 16.8 Å². The van der Waals surface area contributed by atoms with Crippen molar-refractivity contribution < 1.29 is 48.4 Å². The number of amides is 1. The minimum absolute atomic E-state index is 0.0247. The van der Waals surface area contributed by atoms with E-state index in [1.54, 1.807) is 24.3 Å². The lowest BCUT2D eigenvalue weighted by atomic mass is 9.79. The fraction of sp³-hybridized carbons (Fsp3) is 0.559. The summed E-state index contributed by atoms with van der Waals surface area (Å²) in [6.45, 7) is 8.35. The van der Waals surface area contributed by atoms with Crippen LogP contribution in [0.2, 0.25) is 0 Å². The van der Waals surface area contributed by atoms with E-state index in [4.69, 9.17) is 16.2 Å². The summed E-state index contributed by atoms with van der Waals surface area (Å²) in [6.07, 6.45) is 6.59. The van der Waals surface area contributed by atoms with Gasteiger partial charge in [0.1, 0.15) is 17.6 Å². The Morgan fingerprint density at radius 3 is 2.27 bits per heavy atom. The fourth-order valence-electron chi connectivity index (χ4n) is 7.84. The number of hydrogen-bond donors (Lipinski definition) is 3. The van der Waals surface area contributed by atoms with Crippen LogP contribution < -0.4 is 30.2 Å². The molecule has 2 aromatic carbocycles. The molecule has 52 heavy (non-hydrogen) atoms. The van der Waals surface area contributed by atoms with Crippen LogP contribution in [-0.2, 0) is 35.1 Å². The Kier molecular flexibility index (Phi) is 10.9. The molecule has 2 unspecified atom stereocenters. The summed E-state index contributed by atoms with van der Waals surface area (Å²) in [7, 11) is -13.3. The highest BCUT2D eigenvalue weighted by Crippen LogP contribution is 2.49. The summed E-state index contributed by atoms with van der Waals surface area (Å²) in [5, 5.41) is 3.67. The van der Waals surface area contributed by atoms with E-state index < -0.39 is 70.5 Å². The third-order valence-corrected chi connectivity index (χ3v) is 12.3. The van der Waals surface area contributed by atoms with Crippen molar-refractivity contribution in [3.8, 4) is 23.8 Å². The Hall–Kier alpha value is -3.60. The predicted octanol–water partition coefficient (Wildman–Crippen LogP) is 1.81. The molecule has 0 aliphatic carbocycles. The van der Waals surface area contributed by atoms with E-state index in [2.05, 4.69) is 15.8 Å². The second-order valence-corrected chi connectivity index (χ2v) is 19.4. The molecule has 1 amide bonds. The Bertz CT molecular complexity index is 2280. The molecular formula is C34H44N4O11S3. The largest absolute Gasteiger partial charge is 0.748 e. The molecule has 0 saturated heterocycles. The Balaban J connectivity index is 1.65. The first-order chi connectivity index (χ1) is 24.0. The highest BCUT2D eigenvalue weighted by atomic mass is 32.2. The van der Waals surface area contributed by atoms with Crippen molar-refractivity contribution in [3.05, 3.63) is 46.1 Å². The van der Waals surface area contributed by atoms with Gasteiger partial charge in [-0.05, 0) is 58.2 Å². The zero-order valence-corrected chi connectivity index (χ0v) is 31.9. The molecule has 2 atom stereocenters. The lowest BCUT2D eigenvalue weighted by Crippen LogP contribution is -2.54. The molecule has 5 rings (SSSR count). The number of benzene rings is 2. The van der Waals surface area contributed by atoms with Crippen molar-refractivity contribution in [2.24, 2.45) is 4.99 Å². The van der Waals surface area contributed by atoms with E-state index in [1.807, 2.05) is 32.6 Å². The molecule has 3 N–H and O–H groups in total. The highest BCUT2D eigenvalue weighted by molar-refractivity contribution is 7.86. The zero-order valence-electron chi connectivity index (χ0n) is 29.5. The van der Waals surface area contributed by atoms with E-state index in [9.17, 15) is 43.7 Å². The quantitative estimate of drug-likeness (QED) is 0.128. The van der Waals surface area contributed by atoms with Gasteiger partial charge in [0.2, 0.25) is 11.3 Å². The van der Waals surface area contributed by atoms with Gasteiger partial charge in [-0.15, -0.1) is 6.42 Å². The van der Waals surface area contributed by atoms with Crippen LogP contribution >= 0.6 is 0 Å². The van der Waals surface area contributed by atoms with Gasteiger partial charge in [-0.25, -0.2) is 18.0 Å². The van der Waals surface area contributed by atoms with Crippen molar-refractivity contribution in [3.63, 3.8) is 0 Å². The van der Waals surface area contributed by atoms with Gasteiger partial charge >= 0.3 is 0 Å². The van der Waals surface area contributed by atoms with Crippen LogP contribution in [0.3, 0.4) is 0 Å². The van der Waals surface area contributed by atoms with Crippen molar-refractivity contribution >= 4 is 47.6 Å². The molecule has 0 radical (unpaired) electrons. The summed E-state index contributed by atoms with van der Waals surface area (Å²) >= 11 is 0. The maximum Gasteiger partial charge on any atom is 0.265 e. The molecule has 3 aliphatic heterocycles. The van der Waals surface area contributed by atoms with Gasteiger partial charge in [-0.1, -0.05) is 5.92 Å². The molecule has 2 aromatic rings. The van der Waals surface area contributed by atoms with Crippen molar-refractivity contribution in [2.75, 3.05) is 41.8 Å². The lowest BCUT2D eigenvalue weighted by molar-refractivity contribution is -0.120. The first-order valence-electron chi connectivity index (χ1n) is 16.8. The number of anilines is 1. The van der Waals surface area contributed by atoms with Gasteiger partial charge in [0, 0.05) is 66.3 Å². The van der Waals surface area contributed by atoms with Crippen LogP contribution in [0, 0.1) is 12.3 Å². The molecule has 0 saturated carbocycles. The first-order valence-corrected chi connectivity index (χ1v) is 21.6. The second-order valence-electron chi connectivity index (χ2n) is 14.9. The van der Waals surface area contributed by atoms with E-state index in [0.717, 1.165) is 0 Å². The molecule has 0 aromatic heterocycles. The standard InChI is InChI=1S/C34H44N4O11S3/c1-6-10-35-32(39)9-7-11-37-28-16-30-26(14-24(28)22(18-33(37,2)3)20-51(43,44)45)36-27-15-25-23(21-52(46,47)48)19-34(4,5)38(12-8-13-50(40,41)42)29(25)17-31(27)49-30/h1,14-17,22-23H,7-13,18-21H2,2-5H3,(H3-,35,39,40,41,42,43,44,45,46,47,48). The zero-order chi connectivity index (χ0) is 38.4. The Labute approximate surface area is 304 Å². The number of carbonyl (C=O) groups is 1.